The van der Waals surface area contributed by atoms with E-state index in [2.05, 4.69) is 0 Å². The van der Waals surface area contributed by atoms with Gasteiger partial charge < -0.3 is 13.9 Å². The molecule has 0 bridgehead atoms. The van der Waals surface area contributed by atoms with E-state index in [1.807, 2.05) is 30.3 Å². The van der Waals surface area contributed by atoms with Crippen LogP contribution >= 0.6 is 0 Å². The second kappa shape index (κ2) is 5.80. The monoisotopic (exact) mass is 308 g/mol. The number of para-hydroxylation sites is 1. The van der Waals surface area contributed by atoms with Crippen molar-refractivity contribution in [2.75, 3.05) is 13.2 Å². The molecule has 0 aliphatic carbocycles. The predicted octanol–water partition coefficient (Wildman–Crippen LogP) is 4.01. The summed E-state index contributed by atoms with van der Waals surface area (Å²) < 4.78 is 17.3. The Hall–Kier alpha value is -2.75. The van der Waals surface area contributed by atoms with E-state index in [4.69, 9.17) is 13.9 Å². The second-order valence-electron chi connectivity index (χ2n) is 5.54. The van der Waals surface area contributed by atoms with E-state index in [1.54, 1.807) is 12.1 Å². The largest absolute Gasteiger partial charge is 0.490 e. The topological polar surface area (TPSA) is 48.7 Å². The van der Waals surface area contributed by atoms with E-state index >= 15 is 0 Å². The smallest absolute Gasteiger partial charge is 0.193 e. The van der Waals surface area contributed by atoms with Crippen LogP contribution < -0.4 is 14.9 Å². The molecule has 1 aromatic heterocycles. The third-order valence-electron chi connectivity index (χ3n) is 3.92. The third-order valence-corrected chi connectivity index (χ3v) is 3.92. The summed E-state index contributed by atoms with van der Waals surface area (Å²) in [7, 11) is 0. The Morgan fingerprint density at radius 3 is 2.48 bits per heavy atom. The highest BCUT2D eigenvalue weighted by molar-refractivity contribution is 5.78. The van der Waals surface area contributed by atoms with Gasteiger partial charge in [0.15, 0.2) is 16.9 Å². The van der Waals surface area contributed by atoms with Crippen LogP contribution in [0.15, 0.2) is 57.7 Å². The molecule has 0 radical (unpaired) electrons. The molecule has 4 rings (SSSR count). The Morgan fingerprint density at radius 1 is 0.826 bits per heavy atom. The van der Waals surface area contributed by atoms with Crippen molar-refractivity contribution in [2.24, 2.45) is 0 Å². The second-order valence-corrected chi connectivity index (χ2v) is 5.54. The first-order valence-corrected chi connectivity index (χ1v) is 7.74. The number of ether oxygens (including phenoxy) is 2. The normalized spacial score (nSPS) is 14.3. The number of hydrogen-bond acceptors (Lipinski definition) is 4. The summed E-state index contributed by atoms with van der Waals surface area (Å²) in [6.07, 6.45) is 1.95. The van der Waals surface area contributed by atoms with E-state index in [1.165, 1.54) is 6.07 Å². The minimum absolute atomic E-state index is 0.0502. The maximum Gasteiger partial charge on any atom is 0.193 e. The van der Waals surface area contributed by atoms with Gasteiger partial charge in [-0.1, -0.05) is 12.1 Å². The lowest BCUT2D eigenvalue weighted by Gasteiger charge is -2.17. The van der Waals surface area contributed by atoms with Crippen molar-refractivity contribution in [1.29, 1.82) is 0 Å². The van der Waals surface area contributed by atoms with Crippen molar-refractivity contribution in [2.45, 2.75) is 12.8 Å². The summed E-state index contributed by atoms with van der Waals surface area (Å²) in [4.78, 5) is 12.2. The van der Waals surface area contributed by atoms with Gasteiger partial charge in [0.2, 0.25) is 0 Å². The molecule has 1 aliphatic heterocycles. The van der Waals surface area contributed by atoms with E-state index in [-0.39, 0.29) is 5.43 Å². The molecule has 0 saturated carbocycles. The first-order chi connectivity index (χ1) is 11.3. The van der Waals surface area contributed by atoms with Crippen LogP contribution in [0.3, 0.4) is 0 Å². The highest BCUT2D eigenvalue weighted by atomic mass is 16.5. The van der Waals surface area contributed by atoms with Gasteiger partial charge >= 0.3 is 0 Å². The Labute approximate surface area is 133 Å². The zero-order valence-corrected chi connectivity index (χ0v) is 12.6. The van der Waals surface area contributed by atoms with Gasteiger partial charge in [0.05, 0.1) is 18.6 Å². The van der Waals surface area contributed by atoms with Crippen LogP contribution in [-0.4, -0.2) is 13.2 Å². The molecule has 0 N–H and O–H groups in total. The zero-order valence-electron chi connectivity index (χ0n) is 12.6. The molecule has 0 atom stereocenters. The average Bonchev–Trinajstić information content (AvgIpc) is 2.55. The van der Waals surface area contributed by atoms with Gasteiger partial charge in [-0.15, -0.1) is 0 Å². The van der Waals surface area contributed by atoms with Crippen LogP contribution in [-0.2, 0) is 0 Å². The molecule has 3 aromatic rings. The molecule has 0 fully saturated rings. The number of hydrogen-bond donors (Lipinski definition) is 0. The van der Waals surface area contributed by atoms with E-state index < -0.39 is 0 Å². The molecule has 2 heterocycles. The lowest BCUT2D eigenvalue weighted by Crippen LogP contribution is -2.08. The minimum atomic E-state index is -0.0502. The molecule has 4 heteroatoms. The summed E-state index contributed by atoms with van der Waals surface area (Å²) in [5, 5.41) is 0.585. The van der Waals surface area contributed by atoms with E-state index in [0.29, 0.717) is 35.7 Å². The summed E-state index contributed by atoms with van der Waals surface area (Å²) >= 11 is 0. The lowest BCUT2D eigenvalue weighted by atomic mass is 10.1. The van der Waals surface area contributed by atoms with Gasteiger partial charge in [-0.25, -0.2) is 0 Å². The predicted molar refractivity (Wildman–Crippen MR) is 88.1 cm³/mol. The van der Waals surface area contributed by atoms with Crippen molar-refractivity contribution in [3.05, 3.63) is 58.8 Å². The van der Waals surface area contributed by atoms with Gasteiger partial charge in [0, 0.05) is 11.6 Å². The Kier molecular flexibility index (Phi) is 3.50. The van der Waals surface area contributed by atoms with Gasteiger partial charge in [-0.2, -0.15) is 0 Å². The zero-order chi connectivity index (χ0) is 15.6. The van der Waals surface area contributed by atoms with Crippen molar-refractivity contribution in [3.63, 3.8) is 0 Å². The van der Waals surface area contributed by atoms with E-state index in [0.717, 1.165) is 24.2 Å². The summed E-state index contributed by atoms with van der Waals surface area (Å²) in [5.74, 6) is 1.96. The van der Waals surface area contributed by atoms with Crippen molar-refractivity contribution in [3.8, 4) is 22.8 Å². The van der Waals surface area contributed by atoms with Gasteiger partial charge in [0.25, 0.3) is 0 Å². The molecule has 116 valence electrons. The Bertz CT molecular complexity index is 911. The maximum absolute atomic E-state index is 12.2. The molecule has 0 saturated heterocycles. The quantitative estimate of drug-likeness (QED) is 0.681. The van der Waals surface area contributed by atoms with Gasteiger partial charge in [-0.05, 0) is 43.2 Å². The first kappa shape index (κ1) is 13.9. The molecule has 1 aliphatic rings. The molecular formula is C19H16O4. The fourth-order valence-corrected chi connectivity index (χ4v) is 2.71. The molecule has 4 nitrogen and oxygen atoms in total. The van der Waals surface area contributed by atoms with Crippen molar-refractivity contribution >= 4 is 11.0 Å². The van der Waals surface area contributed by atoms with Crippen LogP contribution in [0.25, 0.3) is 22.3 Å². The number of fused-ring (bicyclic) bond motifs is 2. The van der Waals surface area contributed by atoms with Crippen LogP contribution in [0.5, 0.6) is 11.5 Å². The molecule has 0 unspecified atom stereocenters. The number of rotatable bonds is 1. The van der Waals surface area contributed by atoms with Crippen molar-refractivity contribution < 1.29 is 13.9 Å². The fraction of sp³-hybridized carbons (Fsp3) is 0.211. The lowest BCUT2D eigenvalue weighted by molar-refractivity contribution is 0.223. The fourth-order valence-electron chi connectivity index (χ4n) is 2.71. The summed E-state index contributed by atoms with van der Waals surface area (Å²) in [5.41, 5.74) is 1.33. The van der Waals surface area contributed by atoms with Crippen LogP contribution in [0.2, 0.25) is 0 Å². The molecule has 0 amide bonds. The van der Waals surface area contributed by atoms with Crippen LogP contribution in [0, 0.1) is 0 Å². The van der Waals surface area contributed by atoms with E-state index in [9.17, 15) is 4.79 Å². The van der Waals surface area contributed by atoms with Crippen LogP contribution in [0.1, 0.15) is 12.8 Å². The summed E-state index contributed by atoms with van der Waals surface area (Å²) in [6, 6.07) is 14.4. The molecule has 2 aromatic carbocycles. The maximum atomic E-state index is 12.2. The molecular weight excluding hydrogens is 292 g/mol. The summed E-state index contributed by atoms with van der Waals surface area (Å²) in [6.45, 7) is 1.36. The Morgan fingerprint density at radius 2 is 1.61 bits per heavy atom. The van der Waals surface area contributed by atoms with Crippen LogP contribution in [0.4, 0.5) is 0 Å². The molecule has 23 heavy (non-hydrogen) atoms. The third kappa shape index (κ3) is 2.68. The minimum Gasteiger partial charge on any atom is -0.490 e. The Balaban J connectivity index is 1.81. The highest BCUT2D eigenvalue weighted by Gasteiger charge is 2.13. The SMILES string of the molecule is O=c1cc(-c2ccc3c(c2)OCCCCO3)oc2ccccc12. The van der Waals surface area contributed by atoms with Gasteiger partial charge in [0.1, 0.15) is 11.3 Å². The van der Waals surface area contributed by atoms with Gasteiger partial charge in [-0.3, -0.25) is 4.79 Å². The number of benzene rings is 2. The van der Waals surface area contributed by atoms with Crippen molar-refractivity contribution in [1.82, 2.24) is 0 Å². The highest BCUT2D eigenvalue weighted by Crippen LogP contribution is 2.34. The standard InChI is InChI=1S/C19H16O4/c20-15-12-18(23-16-6-2-1-5-14(15)16)13-7-8-17-19(11-13)22-10-4-3-9-21-17/h1-2,5-8,11-12H,3-4,9-10H2. The first-order valence-electron chi connectivity index (χ1n) is 7.74. The average molecular weight is 308 g/mol. The molecule has 0 spiro atoms.